The van der Waals surface area contributed by atoms with Crippen molar-refractivity contribution in [3.8, 4) is 0 Å². The minimum absolute atomic E-state index is 0.0915. The number of aryl methyl sites for hydroxylation is 1. The molecule has 1 aliphatic heterocycles. The Labute approximate surface area is 213 Å². The second kappa shape index (κ2) is 11.8. The summed E-state index contributed by atoms with van der Waals surface area (Å²) < 4.78 is 5.23. The van der Waals surface area contributed by atoms with Crippen LogP contribution in [0, 0.1) is 17.2 Å². The van der Waals surface area contributed by atoms with Crippen molar-refractivity contribution in [3.05, 3.63) is 70.2 Å². The monoisotopic (exact) mass is 497 g/mol. The molecular weight excluding hydrogens is 462 g/mol. The van der Waals surface area contributed by atoms with Crippen LogP contribution in [0.15, 0.2) is 48.5 Å². The zero-order valence-corrected chi connectivity index (χ0v) is 21.7. The van der Waals surface area contributed by atoms with Crippen LogP contribution < -0.4 is 10.6 Å². The lowest BCUT2D eigenvalue weighted by Crippen LogP contribution is -2.58. The number of carbonyl (C=O) groups excluding carboxylic acids is 2. The number of methoxy groups -OCH3 is 1. The molecule has 1 aliphatic rings. The number of benzene rings is 2. The Morgan fingerprint density at radius 2 is 1.97 bits per heavy atom. The van der Waals surface area contributed by atoms with E-state index in [-0.39, 0.29) is 35.0 Å². The fourth-order valence-corrected chi connectivity index (χ4v) is 4.72. The maximum atomic E-state index is 13.1. The number of halogens is 1. The Morgan fingerprint density at radius 3 is 2.60 bits per heavy atom. The fourth-order valence-electron chi connectivity index (χ4n) is 4.46. The van der Waals surface area contributed by atoms with Crippen LogP contribution in [-0.2, 0) is 16.0 Å². The van der Waals surface area contributed by atoms with Gasteiger partial charge >= 0.3 is 0 Å². The highest BCUT2D eigenvalue weighted by Crippen LogP contribution is 2.30. The van der Waals surface area contributed by atoms with E-state index in [0.29, 0.717) is 42.9 Å². The lowest BCUT2D eigenvalue weighted by Gasteiger charge is -2.41. The number of ether oxygens (including phenoxy) is 1. The van der Waals surface area contributed by atoms with Crippen LogP contribution in [0.5, 0.6) is 0 Å². The van der Waals surface area contributed by atoms with Gasteiger partial charge in [-0.25, -0.2) is 0 Å². The number of rotatable bonds is 10. The van der Waals surface area contributed by atoms with Crippen LogP contribution in [-0.4, -0.2) is 36.8 Å². The zero-order chi connectivity index (χ0) is 25.6. The first-order valence-electron chi connectivity index (χ1n) is 12.2. The molecule has 1 amide bonds. The van der Waals surface area contributed by atoms with Gasteiger partial charge in [0.1, 0.15) is 11.6 Å². The number of nitrogens with one attached hydrogen (secondary N) is 3. The summed E-state index contributed by atoms with van der Waals surface area (Å²) in [5.41, 5.74) is 1.97. The first-order valence-corrected chi connectivity index (χ1v) is 12.5. The molecule has 3 rings (SSSR count). The molecule has 6 nitrogen and oxygen atoms in total. The Balaban J connectivity index is 1.70. The predicted molar refractivity (Wildman–Crippen MR) is 140 cm³/mol. The summed E-state index contributed by atoms with van der Waals surface area (Å²) in [5, 5.41) is 15.3. The molecule has 7 heteroatoms. The number of carbonyl (C=O) groups is 2. The van der Waals surface area contributed by atoms with Gasteiger partial charge in [-0.1, -0.05) is 55.8 Å². The third kappa shape index (κ3) is 6.92. The SMILES string of the molecule is COCC[C@H](NC(=O)c1cc(Cl)cc(CC[C@@H]2C(=N)N[C@](C)(C(C)C)CC2=O)c1)c1ccccc1. The number of ketones is 1. The topological polar surface area (TPSA) is 91.3 Å². The highest BCUT2D eigenvalue weighted by atomic mass is 35.5. The van der Waals surface area contributed by atoms with Crippen molar-refractivity contribution in [2.75, 3.05) is 13.7 Å². The van der Waals surface area contributed by atoms with Crippen LogP contribution in [0.1, 0.15) is 67.6 Å². The number of amidine groups is 1. The molecule has 2 aromatic rings. The third-order valence-corrected chi connectivity index (χ3v) is 7.25. The molecule has 0 aliphatic carbocycles. The van der Waals surface area contributed by atoms with E-state index in [2.05, 4.69) is 24.5 Å². The number of Topliss-reactive ketones (excluding diaryl/α,β-unsaturated/α-hetero) is 1. The smallest absolute Gasteiger partial charge is 0.251 e. The molecular formula is C28H36ClN3O3. The quantitative estimate of drug-likeness (QED) is 0.412. The standard InChI is InChI=1S/C28H36ClN3O3/c1-18(2)28(3)17-25(33)23(26(30)32-28)11-10-19-14-21(16-22(29)15-19)27(34)31-24(12-13-35-4)20-8-6-5-7-9-20/h5-9,14-16,18,23-24H,10-13,17H2,1-4H3,(H2,30,32)(H,31,34)/t23-,24-,28-/m0/s1. The van der Waals surface area contributed by atoms with E-state index in [1.165, 1.54) is 0 Å². The molecule has 1 heterocycles. The van der Waals surface area contributed by atoms with Crippen LogP contribution in [0.3, 0.4) is 0 Å². The summed E-state index contributed by atoms with van der Waals surface area (Å²) in [4.78, 5) is 26.0. The van der Waals surface area contributed by atoms with Crippen LogP contribution >= 0.6 is 11.6 Å². The van der Waals surface area contributed by atoms with Crippen molar-refractivity contribution in [2.24, 2.45) is 11.8 Å². The summed E-state index contributed by atoms with van der Waals surface area (Å²) in [6.45, 7) is 6.64. The van der Waals surface area contributed by atoms with E-state index < -0.39 is 5.92 Å². The molecule has 1 saturated heterocycles. The molecule has 0 spiro atoms. The average Bonchev–Trinajstić information content (AvgIpc) is 2.81. The van der Waals surface area contributed by atoms with Gasteiger partial charge in [0.05, 0.1) is 12.0 Å². The molecule has 0 aromatic heterocycles. The van der Waals surface area contributed by atoms with Crippen LogP contribution in [0.2, 0.25) is 5.02 Å². The Hall–Kier alpha value is -2.70. The molecule has 3 atom stereocenters. The molecule has 1 fully saturated rings. The molecule has 0 saturated carbocycles. The van der Waals surface area contributed by atoms with Gasteiger partial charge in [-0.3, -0.25) is 15.0 Å². The number of amides is 1. The summed E-state index contributed by atoms with van der Waals surface area (Å²) in [6.07, 6.45) is 2.10. The summed E-state index contributed by atoms with van der Waals surface area (Å²) in [5.74, 6) is -0.0652. The Morgan fingerprint density at radius 1 is 1.26 bits per heavy atom. The van der Waals surface area contributed by atoms with E-state index >= 15 is 0 Å². The fraction of sp³-hybridized carbons (Fsp3) is 0.464. The van der Waals surface area contributed by atoms with Gasteiger partial charge in [-0.05, 0) is 61.4 Å². The number of hydrogen-bond donors (Lipinski definition) is 3. The third-order valence-electron chi connectivity index (χ3n) is 7.03. The molecule has 2 aromatic carbocycles. The van der Waals surface area contributed by atoms with Crippen LogP contribution in [0.25, 0.3) is 0 Å². The predicted octanol–water partition coefficient (Wildman–Crippen LogP) is 5.35. The van der Waals surface area contributed by atoms with Gasteiger partial charge in [0.2, 0.25) is 0 Å². The first-order chi connectivity index (χ1) is 16.6. The summed E-state index contributed by atoms with van der Waals surface area (Å²) in [6, 6.07) is 14.9. The lowest BCUT2D eigenvalue weighted by atomic mass is 9.75. The second-order valence-corrected chi connectivity index (χ2v) is 10.3. The van der Waals surface area contributed by atoms with Gasteiger partial charge in [0, 0.05) is 36.3 Å². The van der Waals surface area contributed by atoms with E-state index in [1.54, 1.807) is 13.2 Å². The average molecular weight is 498 g/mol. The van der Waals surface area contributed by atoms with Gasteiger partial charge in [0.15, 0.2) is 0 Å². The molecule has 188 valence electrons. The van der Waals surface area contributed by atoms with Crippen molar-refractivity contribution >= 4 is 29.1 Å². The normalized spacial score (nSPS) is 21.0. The molecule has 0 radical (unpaired) electrons. The van der Waals surface area contributed by atoms with E-state index in [1.807, 2.05) is 49.4 Å². The maximum absolute atomic E-state index is 13.1. The summed E-state index contributed by atoms with van der Waals surface area (Å²) >= 11 is 6.36. The summed E-state index contributed by atoms with van der Waals surface area (Å²) in [7, 11) is 1.64. The first kappa shape index (κ1) is 26.9. The minimum atomic E-state index is -0.463. The molecule has 0 unspecified atom stereocenters. The van der Waals surface area contributed by atoms with Crippen molar-refractivity contribution in [1.82, 2.24) is 10.6 Å². The van der Waals surface area contributed by atoms with E-state index in [0.717, 1.165) is 11.1 Å². The van der Waals surface area contributed by atoms with Crippen molar-refractivity contribution in [2.45, 2.75) is 58.0 Å². The maximum Gasteiger partial charge on any atom is 0.251 e. The second-order valence-electron chi connectivity index (χ2n) is 9.91. The van der Waals surface area contributed by atoms with Gasteiger partial charge in [-0.2, -0.15) is 0 Å². The van der Waals surface area contributed by atoms with Gasteiger partial charge in [0.25, 0.3) is 5.91 Å². The van der Waals surface area contributed by atoms with E-state index in [4.69, 9.17) is 21.7 Å². The van der Waals surface area contributed by atoms with Gasteiger partial charge < -0.3 is 15.4 Å². The Bertz CT molecular complexity index is 1040. The van der Waals surface area contributed by atoms with Gasteiger partial charge in [-0.15, -0.1) is 0 Å². The number of piperidine rings is 1. The van der Waals surface area contributed by atoms with Crippen LogP contribution in [0.4, 0.5) is 0 Å². The lowest BCUT2D eigenvalue weighted by molar-refractivity contribution is -0.123. The molecule has 3 N–H and O–H groups in total. The van der Waals surface area contributed by atoms with Crippen molar-refractivity contribution < 1.29 is 14.3 Å². The number of hydrogen-bond acceptors (Lipinski definition) is 4. The minimum Gasteiger partial charge on any atom is -0.385 e. The van der Waals surface area contributed by atoms with E-state index in [9.17, 15) is 9.59 Å². The largest absolute Gasteiger partial charge is 0.385 e. The Kier molecular flexibility index (Phi) is 9.09. The molecule has 0 bridgehead atoms. The molecule has 35 heavy (non-hydrogen) atoms. The highest BCUT2D eigenvalue weighted by molar-refractivity contribution is 6.31. The van der Waals surface area contributed by atoms with Crippen molar-refractivity contribution in [3.63, 3.8) is 0 Å². The highest BCUT2D eigenvalue weighted by Gasteiger charge is 2.41. The zero-order valence-electron chi connectivity index (χ0n) is 21.0. The van der Waals surface area contributed by atoms with Crippen molar-refractivity contribution in [1.29, 1.82) is 5.41 Å².